The zero-order valence-electron chi connectivity index (χ0n) is 17.4. The van der Waals surface area contributed by atoms with E-state index in [0.717, 1.165) is 16.7 Å². The summed E-state index contributed by atoms with van der Waals surface area (Å²) in [5.41, 5.74) is 9.19. The first kappa shape index (κ1) is 22.5. The number of aliphatic hydroxyl groups excluding tert-OH is 1. The van der Waals surface area contributed by atoms with Gasteiger partial charge in [-0.15, -0.1) is 0 Å². The molecule has 0 fully saturated rings. The molecule has 0 aliphatic carbocycles. The van der Waals surface area contributed by atoms with E-state index in [-0.39, 0.29) is 12.6 Å². The third kappa shape index (κ3) is 7.85. The van der Waals surface area contributed by atoms with E-state index in [9.17, 15) is 9.90 Å². The molecule has 3 atom stereocenters. The Bertz CT molecular complexity index is 907. The Labute approximate surface area is 183 Å². The van der Waals surface area contributed by atoms with Crippen LogP contribution in [0.2, 0.25) is 0 Å². The van der Waals surface area contributed by atoms with Crippen LogP contribution in [0.25, 0.3) is 0 Å². The Morgan fingerprint density at radius 2 is 1.55 bits per heavy atom. The molecule has 0 saturated heterocycles. The lowest BCUT2D eigenvalue weighted by atomic mass is 9.94. The molecule has 0 spiro atoms. The van der Waals surface area contributed by atoms with E-state index in [2.05, 4.69) is 10.3 Å². The number of ether oxygens (including phenoxy) is 1. The van der Waals surface area contributed by atoms with E-state index in [1.54, 1.807) is 18.5 Å². The van der Waals surface area contributed by atoms with Gasteiger partial charge in [-0.25, -0.2) is 4.79 Å². The Hall–Kier alpha value is -3.22. The Balaban J connectivity index is 1.59. The summed E-state index contributed by atoms with van der Waals surface area (Å²) >= 11 is 0. The fourth-order valence-electron chi connectivity index (χ4n) is 3.42. The maximum atomic E-state index is 12.4. The summed E-state index contributed by atoms with van der Waals surface area (Å²) < 4.78 is 5.33. The van der Waals surface area contributed by atoms with E-state index in [1.807, 2.05) is 66.7 Å². The maximum Gasteiger partial charge on any atom is 0.407 e. The molecule has 3 rings (SSSR count). The molecular weight excluding hydrogens is 390 g/mol. The van der Waals surface area contributed by atoms with Crippen molar-refractivity contribution in [2.24, 2.45) is 5.73 Å². The number of amides is 1. The number of carbonyl (C=O) groups excluding carboxylic acids is 1. The van der Waals surface area contributed by atoms with Crippen molar-refractivity contribution in [1.29, 1.82) is 0 Å². The Morgan fingerprint density at radius 3 is 2.16 bits per heavy atom. The first-order chi connectivity index (χ1) is 15.1. The second-order valence-electron chi connectivity index (χ2n) is 7.63. The molecule has 162 valence electrons. The lowest BCUT2D eigenvalue weighted by Crippen LogP contribution is -2.44. The summed E-state index contributed by atoms with van der Waals surface area (Å²) in [7, 11) is 0. The number of carbonyl (C=O) groups is 1. The summed E-state index contributed by atoms with van der Waals surface area (Å²) in [6.07, 6.45) is 3.47. The number of hydrogen-bond acceptors (Lipinski definition) is 5. The molecule has 1 amide bonds. The monoisotopic (exact) mass is 419 g/mol. The highest BCUT2D eigenvalue weighted by molar-refractivity contribution is 5.67. The first-order valence-electron chi connectivity index (χ1n) is 10.4. The predicted molar refractivity (Wildman–Crippen MR) is 120 cm³/mol. The second-order valence-corrected chi connectivity index (χ2v) is 7.63. The Kier molecular flexibility index (Phi) is 8.58. The molecule has 0 radical (unpaired) electrons. The standard InChI is InChI=1S/C25H29N3O3/c26-23(15-20-10-5-2-6-11-20)24(29)16-22(14-19-8-3-1-4-9-19)28-25(30)31-18-21-12-7-13-27-17-21/h1-13,17,22-24,29H,14-16,18,26H2,(H,28,30). The van der Waals surface area contributed by atoms with E-state index in [0.29, 0.717) is 19.3 Å². The third-order valence-corrected chi connectivity index (χ3v) is 5.07. The molecule has 0 bridgehead atoms. The largest absolute Gasteiger partial charge is 0.445 e. The average Bonchev–Trinajstić information content (AvgIpc) is 2.79. The lowest BCUT2D eigenvalue weighted by molar-refractivity contribution is 0.109. The molecule has 3 aromatic rings. The highest BCUT2D eigenvalue weighted by Gasteiger charge is 2.23. The summed E-state index contributed by atoms with van der Waals surface area (Å²) in [6, 6.07) is 22.5. The minimum Gasteiger partial charge on any atom is -0.445 e. The minimum atomic E-state index is -0.771. The van der Waals surface area contributed by atoms with Crippen LogP contribution in [0.4, 0.5) is 4.79 Å². The molecule has 2 aromatic carbocycles. The van der Waals surface area contributed by atoms with Crippen LogP contribution in [0, 0.1) is 0 Å². The van der Waals surface area contributed by atoms with Gasteiger partial charge in [-0.1, -0.05) is 66.7 Å². The predicted octanol–water partition coefficient (Wildman–Crippen LogP) is 3.24. The van der Waals surface area contributed by atoms with Crippen molar-refractivity contribution in [2.45, 2.75) is 44.1 Å². The van der Waals surface area contributed by atoms with E-state index in [1.165, 1.54) is 0 Å². The van der Waals surface area contributed by atoms with E-state index >= 15 is 0 Å². The van der Waals surface area contributed by atoms with Gasteiger partial charge in [0.1, 0.15) is 6.61 Å². The molecule has 31 heavy (non-hydrogen) atoms. The Morgan fingerprint density at radius 1 is 0.935 bits per heavy atom. The fourth-order valence-corrected chi connectivity index (χ4v) is 3.42. The van der Waals surface area contributed by atoms with Crippen molar-refractivity contribution < 1.29 is 14.6 Å². The molecule has 1 aromatic heterocycles. The van der Waals surface area contributed by atoms with Gasteiger partial charge in [0, 0.05) is 30.0 Å². The smallest absolute Gasteiger partial charge is 0.407 e. The van der Waals surface area contributed by atoms with Gasteiger partial charge in [0.05, 0.1) is 6.10 Å². The molecule has 6 heteroatoms. The highest BCUT2D eigenvalue weighted by atomic mass is 16.5. The van der Waals surface area contributed by atoms with Gasteiger partial charge in [0.2, 0.25) is 0 Å². The van der Waals surface area contributed by atoms with Gasteiger partial charge < -0.3 is 20.9 Å². The van der Waals surface area contributed by atoms with E-state index < -0.39 is 18.2 Å². The fraction of sp³-hybridized carbons (Fsp3) is 0.280. The van der Waals surface area contributed by atoms with Gasteiger partial charge in [-0.2, -0.15) is 0 Å². The maximum absolute atomic E-state index is 12.4. The van der Waals surface area contributed by atoms with Crippen LogP contribution in [-0.2, 0) is 24.2 Å². The number of aliphatic hydroxyl groups is 1. The van der Waals surface area contributed by atoms with Crippen molar-refractivity contribution in [3.05, 3.63) is 102 Å². The zero-order valence-corrected chi connectivity index (χ0v) is 17.4. The van der Waals surface area contributed by atoms with Crippen LogP contribution in [0.15, 0.2) is 85.2 Å². The van der Waals surface area contributed by atoms with Crippen LogP contribution in [-0.4, -0.2) is 34.4 Å². The van der Waals surface area contributed by atoms with Crippen molar-refractivity contribution in [3.8, 4) is 0 Å². The van der Waals surface area contributed by atoms with Crippen molar-refractivity contribution in [3.63, 3.8) is 0 Å². The molecule has 0 aliphatic heterocycles. The number of pyridine rings is 1. The summed E-state index contributed by atoms with van der Waals surface area (Å²) in [5.74, 6) is 0. The normalized spacial score (nSPS) is 13.7. The number of nitrogens with zero attached hydrogens (tertiary/aromatic N) is 1. The number of hydrogen-bond donors (Lipinski definition) is 3. The van der Waals surface area contributed by atoms with Crippen molar-refractivity contribution >= 4 is 6.09 Å². The van der Waals surface area contributed by atoms with Crippen LogP contribution in [0.5, 0.6) is 0 Å². The third-order valence-electron chi connectivity index (χ3n) is 5.07. The number of alkyl carbamates (subject to hydrolysis) is 1. The zero-order chi connectivity index (χ0) is 21.9. The van der Waals surface area contributed by atoms with Gasteiger partial charge >= 0.3 is 6.09 Å². The van der Waals surface area contributed by atoms with Crippen molar-refractivity contribution in [1.82, 2.24) is 10.3 Å². The molecular formula is C25H29N3O3. The number of aromatic nitrogens is 1. The quantitative estimate of drug-likeness (QED) is 0.469. The number of nitrogens with two attached hydrogens (primary N) is 1. The summed E-state index contributed by atoms with van der Waals surface area (Å²) in [4.78, 5) is 16.4. The van der Waals surface area contributed by atoms with Crippen LogP contribution in [0.3, 0.4) is 0 Å². The average molecular weight is 420 g/mol. The summed E-state index contributed by atoms with van der Waals surface area (Å²) in [5, 5.41) is 13.6. The van der Waals surface area contributed by atoms with Crippen LogP contribution < -0.4 is 11.1 Å². The molecule has 0 aliphatic rings. The lowest BCUT2D eigenvalue weighted by Gasteiger charge is -2.25. The number of rotatable bonds is 10. The molecule has 6 nitrogen and oxygen atoms in total. The highest BCUT2D eigenvalue weighted by Crippen LogP contribution is 2.13. The van der Waals surface area contributed by atoms with E-state index in [4.69, 9.17) is 10.5 Å². The minimum absolute atomic E-state index is 0.133. The molecule has 4 N–H and O–H groups in total. The van der Waals surface area contributed by atoms with Crippen LogP contribution in [0.1, 0.15) is 23.1 Å². The molecule has 3 unspecified atom stereocenters. The van der Waals surface area contributed by atoms with Gasteiger partial charge in [-0.3, -0.25) is 4.98 Å². The van der Waals surface area contributed by atoms with Crippen LogP contribution >= 0.6 is 0 Å². The van der Waals surface area contributed by atoms with Gasteiger partial charge in [0.15, 0.2) is 0 Å². The SMILES string of the molecule is NC(Cc1ccccc1)C(O)CC(Cc1ccccc1)NC(=O)OCc1cccnc1. The molecule has 1 heterocycles. The van der Waals surface area contributed by atoms with Gasteiger partial charge in [0.25, 0.3) is 0 Å². The number of nitrogens with one attached hydrogen (secondary N) is 1. The topological polar surface area (TPSA) is 97.5 Å². The summed E-state index contributed by atoms with van der Waals surface area (Å²) in [6.45, 7) is 0.133. The van der Waals surface area contributed by atoms with Gasteiger partial charge in [-0.05, 0) is 36.5 Å². The second kappa shape index (κ2) is 11.8. The first-order valence-corrected chi connectivity index (χ1v) is 10.4. The number of benzene rings is 2. The molecule has 0 saturated carbocycles. The van der Waals surface area contributed by atoms with Crippen molar-refractivity contribution in [2.75, 3.05) is 0 Å².